The second-order valence-electron chi connectivity index (χ2n) is 5.19. The van der Waals surface area contributed by atoms with Crippen LogP contribution in [0.2, 0.25) is 5.02 Å². The molecule has 0 aliphatic carbocycles. The minimum absolute atomic E-state index is 0.0314. The van der Waals surface area contributed by atoms with E-state index in [0.29, 0.717) is 42.6 Å². The number of methoxy groups -OCH3 is 1. The Balaban J connectivity index is 1.64. The van der Waals surface area contributed by atoms with Crippen LogP contribution in [0.3, 0.4) is 0 Å². The number of rotatable bonds is 3. The number of carbonyl (C=O) groups excluding carboxylic acids is 1. The monoisotopic (exact) mass is 332 g/mol. The predicted molar refractivity (Wildman–Crippen MR) is 88.2 cm³/mol. The number of ether oxygens (including phenoxy) is 1. The highest BCUT2D eigenvalue weighted by Crippen LogP contribution is 2.20. The summed E-state index contributed by atoms with van der Waals surface area (Å²) in [4.78, 5) is 16.4. The maximum Gasteiger partial charge on any atom is 0.255 e. The zero-order chi connectivity index (χ0) is 16.2. The molecule has 23 heavy (non-hydrogen) atoms. The number of anilines is 1. The number of nitrogens with zero attached hydrogens (tertiary/aromatic N) is 4. The van der Waals surface area contributed by atoms with E-state index < -0.39 is 0 Å². The molecule has 1 aliphatic heterocycles. The van der Waals surface area contributed by atoms with Gasteiger partial charge in [0.25, 0.3) is 5.91 Å². The molecule has 0 radical (unpaired) electrons. The third-order valence-corrected chi connectivity index (χ3v) is 4.16. The van der Waals surface area contributed by atoms with Crippen molar-refractivity contribution in [1.29, 1.82) is 0 Å². The van der Waals surface area contributed by atoms with Gasteiger partial charge in [-0.25, -0.2) is 0 Å². The van der Waals surface area contributed by atoms with Crippen LogP contribution < -0.4 is 9.64 Å². The molecule has 2 aromatic rings. The van der Waals surface area contributed by atoms with E-state index in [4.69, 9.17) is 16.3 Å². The Morgan fingerprint density at radius 1 is 1.09 bits per heavy atom. The summed E-state index contributed by atoms with van der Waals surface area (Å²) < 4.78 is 5.01. The van der Waals surface area contributed by atoms with Gasteiger partial charge in [0.1, 0.15) is 0 Å². The van der Waals surface area contributed by atoms with Gasteiger partial charge in [-0.3, -0.25) is 4.79 Å². The third-order valence-electron chi connectivity index (χ3n) is 3.83. The maximum atomic E-state index is 12.5. The highest BCUT2D eigenvalue weighted by molar-refractivity contribution is 6.33. The van der Waals surface area contributed by atoms with Gasteiger partial charge < -0.3 is 14.5 Å². The largest absolute Gasteiger partial charge is 0.480 e. The molecule has 1 fully saturated rings. The van der Waals surface area contributed by atoms with Gasteiger partial charge in [0, 0.05) is 32.2 Å². The smallest absolute Gasteiger partial charge is 0.255 e. The minimum Gasteiger partial charge on any atom is -0.480 e. The van der Waals surface area contributed by atoms with Gasteiger partial charge in [-0.05, 0) is 18.2 Å². The van der Waals surface area contributed by atoms with E-state index in [1.807, 2.05) is 23.1 Å². The van der Waals surface area contributed by atoms with Crippen LogP contribution in [-0.4, -0.2) is 54.3 Å². The first-order valence-corrected chi connectivity index (χ1v) is 7.73. The van der Waals surface area contributed by atoms with E-state index in [0.717, 1.165) is 5.82 Å². The number of benzene rings is 1. The predicted octanol–water partition coefficient (Wildman–Crippen LogP) is 2.10. The van der Waals surface area contributed by atoms with Gasteiger partial charge in [0.15, 0.2) is 5.82 Å². The number of amides is 1. The fourth-order valence-electron chi connectivity index (χ4n) is 2.53. The molecule has 0 bridgehead atoms. The average Bonchev–Trinajstić information content (AvgIpc) is 2.62. The van der Waals surface area contributed by atoms with Crippen LogP contribution in [0.5, 0.6) is 5.88 Å². The fraction of sp³-hybridized carbons (Fsp3) is 0.312. The van der Waals surface area contributed by atoms with Gasteiger partial charge in [-0.2, -0.15) is 0 Å². The molecule has 3 rings (SSSR count). The van der Waals surface area contributed by atoms with Crippen LogP contribution in [0.25, 0.3) is 0 Å². The highest BCUT2D eigenvalue weighted by Gasteiger charge is 2.24. The van der Waals surface area contributed by atoms with E-state index in [1.165, 1.54) is 0 Å². The summed E-state index contributed by atoms with van der Waals surface area (Å²) in [7, 11) is 1.56. The van der Waals surface area contributed by atoms with Gasteiger partial charge in [-0.15, -0.1) is 10.2 Å². The Labute approximate surface area is 139 Å². The molecule has 0 spiro atoms. The van der Waals surface area contributed by atoms with Crippen molar-refractivity contribution < 1.29 is 9.53 Å². The highest BCUT2D eigenvalue weighted by atomic mass is 35.5. The fourth-order valence-corrected chi connectivity index (χ4v) is 2.75. The molecule has 0 atom stereocenters. The SMILES string of the molecule is COc1ccc(N2CCN(C(=O)c3ccccc3Cl)CC2)nn1. The lowest BCUT2D eigenvalue weighted by Crippen LogP contribution is -2.49. The normalized spacial score (nSPS) is 14.7. The Kier molecular flexibility index (Phi) is 4.62. The second-order valence-corrected chi connectivity index (χ2v) is 5.60. The third kappa shape index (κ3) is 3.37. The van der Waals surface area contributed by atoms with Gasteiger partial charge in [0.05, 0.1) is 17.7 Å². The molecule has 1 aromatic heterocycles. The van der Waals surface area contributed by atoms with Gasteiger partial charge in [0.2, 0.25) is 5.88 Å². The first kappa shape index (κ1) is 15.6. The van der Waals surface area contributed by atoms with Crippen LogP contribution >= 0.6 is 11.6 Å². The van der Waals surface area contributed by atoms with Gasteiger partial charge >= 0.3 is 0 Å². The van der Waals surface area contributed by atoms with Crippen LogP contribution in [0.15, 0.2) is 36.4 Å². The van der Waals surface area contributed by atoms with E-state index >= 15 is 0 Å². The maximum absolute atomic E-state index is 12.5. The number of hydrogen-bond donors (Lipinski definition) is 0. The number of aromatic nitrogens is 2. The molecule has 2 heterocycles. The lowest BCUT2D eigenvalue weighted by atomic mass is 10.2. The number of halogens is 1. The molecule has 6 nitrogen and oxygen atoms in total. The van der Waals surface area contributed by atoms with Crippen LogP contribution in [-0.2, 0) is 0 Å². The quantitative estimate of drug-likeness (QED) is 0.861. The Morgan fingerprint density at radius 3 is 2.43 bits per heavy atom. The molecule has 0 unspecified atom stereocenters. The molecule has 0 saturated carbocycles. The lowest BCUT2D eigenvalue weighted by Gasteiger charge is -2.35. The van der Waals surface area contributed by atoms with Crippen LogP contribution in [0.1, 0.15) is 10.4 Å². The van der Waals surface area contributed by atoms with Crippen molar-refractivity contribution >= 4 is 23.3 Å². The van der Waals surface area contributed by atoms with Crippen molar-refractivity contribution in [2.24, 2.45) is 0 Å². The first-order valence-electron chi connectivity index (χ1n) is 7.35. The lowest BCUT2D eigenvalue weighted by molar-refractivity contribution is 0.0746. The molecular weight excluding hydrogens is 316 g/mol. The molecular formula is C16H17ClN4O2. The molecule has 120 valence electrons. The Bertz CT molecular complexity index is 685. The summed E-state index contributed by atoms with van der Waals surface area (Å²) in [6.07, 6.45) is 0. The van der Waals surface area contributed by atoms with Crippen LogP contribution in [0.4, 0.5) is 5.82 Å². The van der Waals surface area contributed by atoms with Crippen molar-refractivity contribution in [3.8, 4) is 5.88 Å². The molecule has 0 N–H and O–H groups in total. The zero-order valence-electron chi connectivity index (χ0n) is 12.8. The topological polar surface area (TPSA) is 58.6 Å². The van der Waals surface area contributed by atoms with E-state index in [2.05, 4.69) is 15.1 Å². The first-order chi connectivity index (χ1) is 11.2. The van der Waals surface area contributed by atoms with E-state index in [1.54, 1.807) is 25.3 Å². The zero-order valence-corrected chi connectivity index (χ0v) is 13.5. The Morgan fingerprint density at radius 2 is 1.83 bits per heavy atom. The summed E-state index contributed by atoms with van der Waals surface area (Å²) in [5.74, 6) is 1.24. The van der Waals surface area contributed by atoms with Crippen molar-refractivity contribution in [2.45, 2.75) is 0 Å². The summed E-state index contributed by atoms with van der Waals surface area (Å²) in [6, 6.07) is 10.8. The standard InChI is InChI=1S/C16H17ClN4O2/c1-23-15-7-6-14(18-19-15)20-8-10-21(11-9-20)16(22)12-4-2-3-5-13(12)17/h2-7H,8-11H2,1H3. The van der Waals surface area contributed by atoms with Gasteiger partial charge in [-0.1, -0.05) is 23.7 Å². The summed E-state index contributed by atoms with van der Waals surface area (Å²) in [5.41, 5.74) is 0.548. The van der Waals surface area contributed by atoms with E-state index in [9.17, 15) is 4.79 Å². The Hall–Kier alpha value is -2.34. The van der Waals surface area contributed by atoms with E-state index in [-0.39, 0.29) is 5.91 Å². The molecule has 1 saturated heterocycles. The summed E-state index contributed by atoms with van der Waals surface area (Å²) in [6.45, 7) is 2.66. The second kappa shape index (κ2) is 6.83. The number of piperazine rings is 1. The molecule has 1 aliphatic rings. The minimum atomic E-state index is -0.0314. The van der Waals surface area contributed by atoms with Crippen LogP contribution in [0, 0.1) is 0 Å². The summed E-state index contributed by atoms with van der Waals surface area (Å²) in [5, 5.41) is 8.60. The van der Waals surface area contributed by atoms with Crippen molar-refractivity contribution in [3.05, 3.63) is 47.0 Å². The molecule has 1 amide bonds. The average molecular weight is 333 g/mol. The van der Waals surface area contributed by atoms with Crippen molar-refractivity contribution in [3.63, 3.8) is 0 Å². The number of hydrogen-bond acceptors (Lipinski definition) is 5. The molecule has 1 aromatic carbocycles. The number of carbonyl (C=O) groups is 1. The van der Waals surface area contributed by atoms with Crippen molar-refractivity contribution in [1.82, 2.24) is 15.1 Å². The van der Waals surface area contributed by atoms with Crippen molar-refractivity contribution in [2.75, 3.05) is 38.2 Å². The molecule has 7 heteroatoms. The summed E-state index contributed by atoms with van der Waals surface area (Å²) >= 11 is 6.10.